The van der Waals surface area contributed by atoms with Crippen LogP contribution in [-0.2, 0) is 0 Å². The van der Waals surface area contributed by atoms with Gasteiger partial charge in [-0.3, -0.25) is 15.6 Å². The minimum absolute atomic E-state index is 0.337. The highest BCUT2D eigenvalue weighted by molar-refractivity contribution is 6.16. The molecule has 2 heterocycles. The van der Waals surface area contributed by atoms with Crippen molar-refractivity contribution in [3.05, 3.63) is 102 Å². The summed E-state index contributed by atoms with van der Waals surface area (Å²) in [5.41, 5.74) is 6.11. The smallest absolute Gasteiger partial charge is 0.269 e. The van der Waals surface area contributed by atoms with E-state index in [2.05, 4.69) is 21.0 Å². The third-order valence-corrected chi connectivity index (χ3v) is 5.44. The molecule has 0 fully saturated rings. The summed E-state index contributed by atoms with van der Waals surface area (Å²) in [5, 5.41) is 7.09. The molecule has 3 aromatic carbocycles. The van der Waals surface area contributed by atoms with E-state index in [9.17, 15) is 9.18 Å². The second-order valence-corrected chi connectivity index (χ2v) is 7.48. The van der Waals surface area contributed by atoms with E-state index in [1.165, 1.54) is 6.07 Å². The van der Waals surface area contributed by atoms with Crippen LogP contribution in [0.1, 0.15) is 21.6 Å². The number of anilines is 1. The van der Waals surface area contributed by atoms with Crippen molar-refractivity contribution in [1.29, 1.82) is 0 Å². The third-order valence-electron chi connectivity index (χ3n) is 5.44. The number of aromatic nitrogens is 1. The van der Waals surface area contributed by atoms with Crippen LogP contribution in [0.25, 0.3) is 10.9 Å². The van der Waals surface area contributed by atoms with Gasteiger partial charge in [0.05, 0.1) is 5.71 Å². The number of aromatic amines is 1. The first-order chi connectivity index (χ1) is 15.6. The van der Waals surface area contributed by atoms with E-state index in [4.69, 9.17) is 10.8 Å². The molecule has 1 amide bonds. The number of hydrogen-bond acceptors (Lipinski definition) is 5. The minimum Gasteiger partial charge on any atom is -0.365 e. The average Bonchev–Trinajstić information content (AvgIpc) is 3.19. The minimum atomic E-state index is -0.819. The Morgan fingerprint density at radius 1 is 0.969 bits per heavy atom. The lowest BCUT2D eigenvalue weighted by molar-refractivity contribution is 0.0927. The Kier molecular flexibility index (Phi) is 5.14. The molecular formula is C24H21FN6O. The number of aliphatic imine (C=N–C) groups is 1. The van der Waals surface area contributed by atoms with Crippen molar-refractivity contribution < 1.29 is 9.18 Å². The van der Waals surface area contributed by atoms with Crippen LogP contribution in [0.3, 0.4) is 0 Å². The largest absolute Gasteiger partial charge is 0.365 e. The molecule has 32 heavy (non-hydrogen) atoms. The standard InChI is InChI=1S/C24H21FN6O/c25-17-10-4-2-8-15(17)21-16-9-3-6-12-19(16)28-23(31-26)22(29-21)30-24(32)20-13-14-7-1-5-11-18(14)27-20/h1-13,22-23,27-28,31H,26H2,(H,30,32). The van der Waals surface area contributed by atoms with Gasteiger partial charge in [0.2, 0.25) is 0 Å². The number of hydrogen-bond donors (Lipinski definition) is 5. The van der Waals surface area contributed by atoms with E-state index in [1.54, 1.807) is 24.3 Å². The van der Waals surface area contributed by atoms with E-state index in [1.807, 2.05) is 48.5 Å². The molecule has 7 nitrogen and oxygen atoms in total. The highest BCUT2D eigenvalue weighted by Gasteiger charge is 2.29. The average molecular weight is 428 g/mol. The molecule has 1 aliphatic heterocycles. The summed E-state index contributed by atoms with van der Waals surface area (Å²) in [5.74, 6) is 5.04. The van der Waals surface area contributed by atoms with Gasteiger partial charge in [-0.25, -0.2) is 9.82 Å². The Morgan fingerprint density at radius 3 is 2.47 bits per heavy atom. The topological polar surface area (TPSA) is 107 Å². The molecule has 0 aliphatic carbocycles. The lowest BCUT2D eigenvalue weighted by Gasteiger charge is -2.24. The molecule has 0 saturated carbocycles. The Labute approximate surface area is 183 Å². The number of carbonyl (C=O) groups excluding carboxylic acids is 1. The molecule has 0 saturated heterocycles. The van der Waals surface area contributed by atoms with Gasteiger partial charge >= 0.3 is 0 Å². The Morgan fingerprint density at radius 2 is 1.69 bits per heavy atom. The summed E-state index contributed by atoms with van der Waals surface area (Å²) in [4.78, 5) is 20.9. The molecule has 8 heteroatoms. The maximum Gasteiger partial charge on any atom is 0.269 e. The number of nitrogens with one attached hydrogen (secondary N) is 4. The van der Waals surface area contributed by atoms with Crippen molar-refractivity contribution in [2.75, 3.05) is 5.32 Å². The first-order valence-corrected chi connectivity index (χ1v) is 10.2. The van der Waals surface area contributed by atoms with Crippen LogP contribution in [0.2, 0.25) is 0 Å². The normalized spacial score (nSPS) is 17.8. The summed E-state index contributed by atoms with van der Waals surface area (Å²) >= 11 is 0. The monoisotopic (exact) mass is 428 g/mol. The number of benzodiazepines with no additional fused rings is 1. The van der Waals surface area contributed by atoms with Gasteiger partial charge in [-0.05, 0) is 30.3 Å². The van der Waals surface area contributed by atoms with Crippen LogP contribution in [0.5, 0.6) is 0 Å². The summed E-state index contributed by atoms with van der Waals surface area (Å²) in [6.45, 7) is 0. The second kappa shape index (κ2) is 8.26. The van der Waals surface area contributed by atoms with E-state index < -0.39 is 18.1 Å². The number of H-pyrrole nitrogens is 1. The molecule has 5 rings (SSSR count). The van der Waals surface area contributed by atoms with Crippen LogP contribution in [0.15, 0.2) is 83.9 Å². The number of rotatable bonds is 4. The van der Waals surface area contributed by atoms with Crippen molar-refractivity contribution in [3.8, 4) is 0 Å². The SMILES string of the molecule is NNC1Nc2ccccc2C(c2ccccc2F)=NC1NC(=O)c1cc2ccccc2[nH]1. The Hall–Kier alpha value is -4.01. The number of amides is 1. The predicted octanol–water partition coefficient (Wildman–Crippen LogP) is 3.12. The highest BCUT2D eigenvalue weighted by Crippen LogP contribution is 2.26. The van der Waals surface area contributed by atoms with Crippen LogP contribution >= 0.6 is 0 Å². The van der Waals surface area contributed by atoms with Gasteiger partial charge in [0.15, 0.2) is 6.17 Å². The fourth-order valence-corrected chi connectivity index (χ4v) is 3.87. The van der Waals surface area contributed by atoms with Gasteiger partial charge in [0.25, 0.3) is 5.91 Å². The number of hydrazine groups is 1. The lowest BCUT2D eigenvalue weighted by atomic mass is 10.0. The summed E-state index contributed by atoms with van der Waals surface area (Å²) in [7, 11) is 0. The van der Waals surface area contributed by atoms with Gasteiger partial charge in [0, 0.05) is 27.7 Å². The van der Waals surface area contributed by atoms with Crippen molar-refractivity contribution in [2.24, 2.45) is 10.8 Å². The number of nitrogens with zero attached hydrogens (tertiary/aromatic N) is 1. The van der Waals surface area contributed by atoms with Gasteiger partial charge in [-0.15, -0.1) is 0 Å². The van der Waals surface area contributed by atoms with Gasteiger partial charge in [0.1, 0.15) is 17.7 Å². The van der Waals surface area contributed by atoms with Crippen molar-refractivity contribution in [3.63, 3.8) is 0 Å². The first kappa shape index (κ1) is 19.9. The number of nitrogens with two attached hydrogens (primary N) is 1. The van der Waals surface area contributed by atoms with Crippen LogP contribution < -0.4 is 21.9 Å². The number of para-hydroxylation sites is 2. The molecule has 1 aromatic heterocycles. The van der Waals surface area contributed by atoms with E-state index in [0.29, 0.717) is 22.5 Å². The maximum atomic E-state index is 14.7. The van der Waals surface area contributed by atoms with Crippen LogP contribution in [0.4, 0.5) is 10.1 Å². The molecular weight excluding hydrogens is 407 g/mol. The third kappa shape index (κ3) is 3.62. The van der Waals surface area contributed by atoms with Crippen molar-refractivity contribution >= 4 is 28.2 Å². The van der Waals surface area contributed by atoms with Gasteiger partial charge in [-0.1, -0.05) is 48.5 Å². The number of carbonyl (C=O) groups is 1. The maximum absolute atomic E-state index is 14.7. The molecule has 160 valence electrons. The summed E-state index contributed by atoms with van der Waals surface area (Å²) in [6, 6.07) is 23.2. The lowest BCUT2D eigenvalue weighted by Crippen LogP contribution is -2.55. The molecule has 6 N–H and O–H groups in total. The Balaban J connectivity index is 1.56. The van der Waals surface area contributed by atoms with Crippen molar-refractivity contribution in [1.82, 2.24) is 15.7 Å². The van der Waals surface area contributed by atoms with Crippen LogP contribution in [0, 0.1) is 5.82 Å². The zero-order valence-corrected chi connectivity index (χ0v) is 17.0. The highest BCUT2D eigenvalue weighted by atomic mass is 19.1. The van der Waals surface area contributed by atoms with Crippen LogP contribution in [-0.4, -0.2) is 28.9 Å². The fourth-order valence-electron chi connectivity index (χ4n) is 3.87. The molecule has 2 atom stereocenters. The molecule has 2 unspecified atom stereocenters. The predicted molar refractivity (Wildman–Crippen MR) is 123 cm³/mol. The quantitative estimate of drug-likeness (QED) is 0.254. The molecule has 0 radical (unpaired) electrons. The molecule has 1 aliphatic rings. The molecule has 0 bridgehead atoms. The number of benzene rings is 3. The first-order valence-electron chi connectivity index (χ1n) is 10.2. The van der Waals surface area contributed by atoms with E-state index in [-0.39, 0.29) is 5.91 Å². The van der Waals surface area contributed by atoms with E-state index >= 15 is 0 Å². The Bertz CT molecular complexity index is 1300. The summed E-state index contributed by atoms with van der Waals surface area (Å²) < 4.78 is 14.7. The zero-order chi connectivity index (χ0) is 22.1. The van der Waals surface area contributed by atoms with Gasteiger partial charge in [-0.2, -0.15) is 0 Å². The summed E-state index contributed by atoms with van der Waals surface area (Å²) in [6.07, 6.45) is -1.45. The molecule has 4 aromatic rings. The van der Waals surface area contributed by atoms with Gasteiger partial charge < -0.3 is 15.6 Å². The van der Waals surface area contributed by atoms with Crippen molar-refractivity contribution in [2.45, 2.75) is 12.3 Å². The number of fused-ring (bicyclic) bond motifs is 2. The second-order valence-electron chi connectivity index (χ2n) is 7.48. The zero-order valence-electron chi connectivity index (χ0n) is 17.0. The molecule has 0 spiro atoms. The number of halogens is 1. The van der Waals surface area contributed by atoms with E-state index in [0.717, 1.165) is 16.6 Å². The fraction of sp³-hybridized carbons (Fsp3) is 0.0833.